The first-order valence-corrected chi connectivity index (χ1v) is 4.23. The zero-order valence-electron chi connectivity index (χ0n) is 8.90. The number of urea groups is 1. The van der Waals surface area contributed by atoms with Crippen LogP contribution in [-0.4, -0.2) is 43.7 Å². The predicted molar refractivity (Wildman–Crippen MR) is 52.7 cm³/mol. The Kier molecular flexibility index (Phi) is 11.4. The maximum atomic E-state index is 9.00. The van der Waals surface area contributed by atoms with Gasteiger partial charge in [0, 0.05) is 7.11 Å². The van der Waals surface area contributed by atoms with Crippen molar-refractivity contribution in [2.75, 3.05) is 20.3 Å². The second kappa shape index (κ2) is 10.2. The molecule has 0 spiro atoms. The van der Waals surface area contributed by atoms with Gasteiger partial charge < -0.3 is 26.0 Å². The highest BCUT2D eigenvalue weighted by molar-refractivity contribution is 5.69. The lowest BCUT2D eigenvalue weighted by Gasteiger charge is -2.10. The molecule has 0 bridgehead atoms. The molecule has 6 heteroatoms. The largest absolute Gasteiger partial charge is 0.391 e. The zero-order valence-corrected chi connectivity index (χ0v) is 8.90. The summed E-state index contributed by atoms with van der Waals surface area (Å²) in [5.41, 5.74) is 8.50. The molecule has 2 amide bonds. The van der Waals surface area contributed by atoms with Crippen molar-refractivity contribution >= 4 is 6.03 Å². The van der Waals surface area contributed by atoms with Gasteiger partial charge in [-0.2, -0.15) is 0 Å². The van der Waals surface area contributed by atoms with Crippen LogP contribution in [0.5, 0.6) is 0 Å². The molecule has 0 aliphatic carbocycles. The molecule has 0 saturated heterocycles. The van der Waals surface area contributed by atoms with E-state index in [2.05, 4.69) is 11.5 Å². The van der Waals surface area contributed by atoms with E-state index in [-0.39, 0.29) is 12.2 Å². The molecule has 0 aromatic carbocycles. The Hall–Kier alpha value is -0.850. The van der Waals surface area contributed by atoms with Gasteiger partial charge in [0.15, 0.2) is 0 Å². The van der Waals surface area contributed by atoms with E-state index in [4.69, 9.17) is 19.4 Å². The Balaban J connectivity index is 0. The van der Waals surface area contributed by atoms with Gasteiger partial charge in [0.05, 0.1) is 25.4 Å². The van der Waals surface area contributed by atoms with Crippen LogP contribution < -0.4 is 11.5 Å². The fourth-order valence-corrected chi connectivity index (χ4v) is 0.473. The number of rotatable bonds is 5. The van der Waals surface area contributed by atoms with Crippen molar-refractivity contribution < 1.29 is 19.4 Å². The van der Waals surface area contributed by atoms with Gasteiger partial charge >= 0.3 is 6.03 Å². The quantitative estimate of drug-likeness (QED) is 0.563. The first-order chi connectivity index (χ1) is 6.40. The van der Waals surface area contributed by atoms with E-state index in [1.54, 1.807) is 14.0 Å². The van der Waals surface area contributed by atoms with Gasteiger partial charge in [0.1, 0.15) is 0 Å². The summed E-state index contributed by atoms with van der Waals surface area (Å²) in [6.45, 7) is 4.54. The molecule has 0 heterocycles. The number of amides is 2. The summed E-state index contributed by atoms with van der Waals surface area (Å²) < 4.78 is 10.00. The zero-order chi connectivity index (χ0) is 11.6. The third-order valence-corrected chi connectivity index (χ3v) is 1.11. The summed E-state index contributed by atoms with van der Waals surface area (Å²) in [6.07, 6.45) is -0.275. The van der Waals surface area contributed by atoms with Gasteiger partial charge in [-0.05, 0) is 13.8 Å². The molecule has 14 heavy (non-hydrogen) atoms. The van der Waals surface area contributed by atoms with Gasteiger partial charge in [0.25, 0.3) is 0 Å². The van der Waals surface area contributed by atoms with Crippen LogP contribution in [0.15, 0.2) is 0 Å². The first kappa shape index (κ1) is 15.6. The number of carbonyl (C=O) groups excluding carboxylic acids is 1. The van der Waals surface area contributed by atoms with Crippen LogP contribution in [0, 0.1) is 0 Å². The molecule has 0 aliphatic heterocycles. The lowest BCUT2D eigenvalue weighted by atomic mass is 10.4. The average Bonchev–Trinajstić information content (AvgIpc) is 2.02. The third-order valence-electron chi connectivity index (χ3n) is 1.11. The van der Waals surface area contributed by atoms with E-state index in [1.807, 2.05) is 6.92 Å². The summed E-state index contributed by atoms with van der Waals surface area (Å²) in [6, 6.07) is -0.833. The van der Waals surface area contributed by atoms with Crippen molar-refractivity contribution in [3.8, 4) is 0 Å². The molecule has 2 unspecified atom stereocenters. The summed E-state index contributed by atoms with van der Waals surface area (Å²) in [7, 11) is 1.64. The lowest BCUT2D eigenvalue weighted by molar-refractivity contribution is -0.0118. The number of aliphatic hydroxyl groups is 1. The molecule has 0 saturated carbocycles. The summed E-state index contributed by atoms with van der Waals surface area (Å²) >= 11 is 0. The molecule has 0 radical (unpaired) electrons. The number of primary amides is 2. The van der Waals surface area contributed by atoms with E-state index < -0.39 is 6.03 Å². The van der Waals surface area contributed by atoms with E-state index in [0.717, 1.165) is 0 Å². The Labute approximate surface area is 84.2 Å². The third kappa shape index (κ3) is 22.5. The molecule has 0 aliphatic rings. The van der Waals surface area contributed by atoms with E-state index in [1.165, 1.54) is 0 Å². The van der Waals surface area contributed by atoms with Crippen LogP contribution in [0.25, 0.3) is 0 Å². The van der Waals surface area contributed by atoms with Gasteiger partial charge in [-0.15, -0.1) is 0 Å². The van der Waals surface area contributed by atoms with E-state index in [0.29, 0.717) is 13.2 Å². The van der Waals surface area contributed by atoms with Crippen LogP contribution >= 0.6 is 0 Å². The Morgan fingerprint density at radius 2 is 1.79 bits per heavy atom. The molecule has 0 aromatic heterocycles. The molecule has 0 fully saturated rings. The second-order valence-corrected chi connectivity index (χ2v) is 2.84. The van der Waals surface area contributed by atoms with Crippen molar-refractivity contribution in [1.82, 2.24) is 0 Å². The molecule has 6 nitrogen and oxygen atoms in total. The van der Waals surface area contributed by atoms with Crippen molar-refractivity contribution in [2.45, 2.75) is 26.1 Å². The first-order valence-electron chi connectivity index (χ1n) is 4.23. The molecule has 0 aromatic rings. The van der Waals surface area contributed by atoms with E-state index in [9.17, 15) is 0 Å². The lowest BCUT2D eigenvalue weighted by Crippen LogP contribution is -2.18. The van der Waals surface area contributed by atoms with Crippen molar-refractivity contribution in [3.05, 3.63) is 0 Å². The second-order valence-electron chi connectivity index (χ2n) is 2.84. The Morgan fingerprint density at radius 3 is 2.07 bits per heavy atom. The number of hydrogen-bond donors (Lipinski definition) is 3. The molecular weight excluding hydrogens is 188 g/mol. The van der Waals surface area contributed by atoms with Crippen molar-refractivity contribution in [1.29, 1.82) is 0 Å². The molecule has 0 rings (SSSR count). The fourth-order valence-electron chi connectivity index (χ4n) is 0.473. The number of ether oxygens (including phenoxy) is 2. The van der Waals surface area contributed by atoms with Crippen LogP contribution in [0.2, 0.25) is 0 Å². The molecule has 86 valence electrons. The van der Waals surface area contributed by atoms with Crippen molar-refractivity contribution in [3.63, 3.8) is 0 Å². The minimum absolute atomic E-state index is 0.110. The maximum absolute atomic E-state index is 9.00. The minimum Gasteiger partial charge on any atom is -0.391 e. The van der Waals surface area contributed by atoms with Gasteiger partial charge in [-0.3, -0.25) is 0 Å². The highest BCUT2D eigenvalue weighted by Crippen LogP contribution is 1.90. The van der Waals surface area contributed by atoms with Crippen LogP contribution in [0.3, 0.4) is 0 Å². The standard InChI is InChI=1S/C7H16O3.CH4N2O/c1-6(8)4-10-5-7(2)9-3;2-1(3)4/h6-8H,4-5H2,1-3H3;(H4,2,3,4). The topological polar surface area (TPSA) is 108 Å². The number of hydrogen-bond acceptors (Lipinski definition) is 4. The number of carbonyl (C=O) groups is 1. The monoisotopic (exact) mass is 208 g/mol. The van der Waals surface area contributed by atoms with Crippen LogP contribution in [0.4, 0.5) is 4.79 Å². The minimum atomic E-state index is -0.833. The maximum Gasteiger partial charge on any atom is 0.309 e. The van der Waals surface area contributed by atoms with Gasteiger partial charge in [-0.25, -0.2) is 4.79 Å². The van der Waals surface area contributed by atoms with Gasteiger partial charge in [0.2, 0.25) is 0 Å². The Bertz CT molecular complexity index is 137. The summed E-state index contributed by atoms with van der Waals surface area (Å²) in [4.78, 5) is 9.00. The van der Waals surface area contributed by atoms with Gasteiger partial charge in [-0.1, -0.05) is 0 Å². The van der Waals surface area contributed by atoms with Crippen LogP contribution in [0.1, 0.15) is 13.8 Å². The smallest absolute Gasteiger partial charge is 0.309 e. The number of nitrogens with two attached hydrogens (primary N) is 2. The molecular formula is C8H20N2O4. The number of aliphatic hydroxyl groups excluding tert-OH is 1. The normalized spacial score (nSPS) is 13.7. The predicted octanol–water partition coefficient (Wildman–Crippen LogP) is -0.557. The average molecular weight is 208 g/mol. The van der Waals surface area contributed by atoms with Crippen LogP contribution in [-0.2, 0) is 9.47 Å². The number of methoxy groups -OCH3 is 1. The summed E-state index contributed by atoms with van der Waals surface area (Å²) in [5, 5.41) is 8.77. The Morgan fingerprint density at radius 1 is 1.36 bits per heavy atom. The summed E-state index contributed by atoms with van der Waals surface area (Å²) in [5.74, 6) is 0. The van der Waals surface area contributed by atoms with E-state index >= 15 is 0 Å². The highest BCUT2D eigenvalue weighted by atomic mass is 16.5. The molecule has 5 N–H and O–H groups in total. The highest BCUT2D eigenvalue weighted by Gasteiger charge is 2.00. The fraction of sp³-hybridized carbons (Fsp3) is 0.875. The molecule has 2 atom stereocenters. The van der Waals surface area contributed by atoms with Crippen molar-refractivity contribution in [2.24, 2.45) is 11.5 Å². The SMILES string of the molecule is COC(C)COCC(C)O.NC(N)=O.